The Labute approximate surface area is 105 Å². The van der Waals surface area contributed by atoms with Gasteiger partial charge in [-0.05, 0) is 0 Å². The molecule has 18 heavy (non-hydrogen) atoms. The predicted octanol–water partition coefficient (Wildman–Crippen LogP) is -0.180. The second-order valence-electron chi connectivity index (χ2n) is 4.24. The van der Waals surface area contributed by atoms with Crippen molar-refractivity contribution < 1.29 is 14.7 Å². The molecule has 7 heteroatoms. The van der Waals surface area contributed by atoms with E-state index in [1.54, 1.807) is 25.2 Å². The summed E-state index contributed by atoms with van der Waals surface area (Å²) >= 11 is 0. The van der Waals surface area contributed by atoms with E-state index in [1.807, 2.05) is 10.9 Å². The summed E-state index contributed by atoms with van der Waals surface area (Å²) in [5, 5.41) is 14.8. The van der Waals surface area contributed by atoms with Crippen LogP contribution in [-0.4, -0.2) is 58.8 Å². The molecule has 2 rings (SSSR count). The van der Waals surface area contributed by atoms with Crippen molar-refractivity contribution >= 4 is 11.9 Å². The molecule has 1 aromatic rings. The number of hydrogen-bond donors (Lipinski definition) is 2. The summed E-state index contributed by atoms with van der Waals surface area (Å²) in [6.07, 6.45) is 3.44. The Morgan fingerprint density at radius 3 is 2.44 bits per heavy atom. The average Bonchev–Trinajstić information content (AvgIpc) is 2.61. The number of carboxylic acid groups (broad SMARTS) is 1. The Balaban J connectivity index is 0.000000357. The summed E-state index contributed by atoms with van der Waals surface area (Å²) in [5.74, 6) is -0.830. The van der Waals surface area contributed by atoms with Crippen LogP contribution in [0.3, 0.4) is 0 Å². The Morgan fingerprint density at radius 1 is 1.50 bits per heavy atom. The van der Waals surface area contributed by atoms with E-state index in [0.717, 1.165) is 20.0 Å². The standard InChI is InChI=1S/C9H14N4O.C2H4O2/c1-12(2)9(14)7-3-11-13(6-7)8-4-10-5-8;1-2(3)4/h3,6,8,10H,4-5H2,1-2H3;1H3,(H,3,4). The van der Waals surface area contributed by atoms with Crippen molar-refractivity contribution in [1.82, 2.24) is 20.0 Å². The van der Waals surface area contributed by atoms with E-state index in [2.05, 4.69) is 10.4 Å². The van der Waals surface area contributed by atoms with Crippen molar-refractivity contribution in [2.45, 2.75) is 13.0 Å². The fourth-order valence-corrected chi connectivity index (χ4v) is 1.37. The maximum absolute atomic E-state index is 11.5. The van der Waals surface area contributed by atoms with Gasteiger partial charge in [0.05, 0.1) is 17.8 Å². The van der Waals surface area contributed by atoms with Gasteiger partial charge in [-0.2, -0.15) is 5.10 Å². The lowest BCUT2D eigenvalue weighted by molar-refractivity contribution is -0.134. The topological polar surface area (TPSA) is 87.5 Å². The highest BCUT2D eigenvalue weighted by atomic mass is 16.4. The maximum Gasteiger partial charge on any atom is 0.300 e. The Hall–Kier alpha value is -1.89. The quantitative estimate of drug-likeness (QED) is 0.764. The SMILES string of the molecule is CC(=O)O.CN(C)C(=O)c1cnn(C2CNC2)c1. The Kier molecular flexibility index (Phi) is 4.85. The van der Waals surface area contributed by atoms with Gasteiger partial charge >= 0.3 is 0 Å². The van der Waals surface area contributed by atoms with Crippen molar-refractivity contribution in [3.8, 4) is 0 Å². The molecule has 0 saturated carbocycles. The fourth-order valence-electron chi connectivity index (χ4n) is 1.37. The molecule has 0 aromatic carbocycles. The number of hydrogen-bond acceptors (Lipinski definition) is 4. The number of amides is 1. The van der Waals surface area contributed by atoms with Crippen molar-refractivity contribution in [3.05, 3.63) is 18.0 Å². The molecule has 2 N–H and O–H groups in total. The molecule has 0 unspecified atom stereocenters. The highest BCUT2D eigenvalue weighted by molar-refractivity contribution is 5.93. The summed E-state index contributed by atoms with van der Waals surface area (Å²) < 4.78 is 1.85. The second kappa shape index (κ2) is 6.15. The third-order valence-electron chi connectivity index (χ3n) is 2.39. The molecule has 1 saturated heterocycles. The molecule has 1 aliphatic heterocycles. The Morgan fingerprint density at radius 2 is 2.06 bits per heavy atom. The third-order valence-corrected chi connectivity index (χ3v) is 2.39. The van der Waals surface area contributed by atoms with Crippen LogP contribution in [0, 0.1) is 0 Å². The van der Waals surface area contributed by atoms with Crippen LogP contribution in [0.15, 0.2) is 12.4 Å². The molecule has 0 spiro atoms. The lowest BCUT2D eigenvalue weighted by atomic mass is 10.2. The highest BCUT2D eigenvalue weighted by Crippen LogP contribution is 2.11. The van der Waals surface area contributed by atoms with E-state index in [-0.39, 0.29) is 5.91 Å². The molecule has 0 radical (unpaired) electrons. The van der Waals surface area contributed by atoms with E-state index in [9.17, 15) is 4.79 Å². The molecule has 0 atom stereocenters. The van der Waals surface area contributed by atoms with Gasteiger partial charge in [-0.15, -0.1) is 0 Å². The molecule has 7 nitrogen and oxygen atoms in total. The number of aromatic nitrogens is 2. The van der Waals surface area contributed by atoms with Crippen molar-refractivity contribution in [2.75, 3.05) is 27.2 Å². The normalized spacial score (nSPS) is 14.2. The fraction of sp³-hybridized carbons (Fsp3) is 0.545. The number of aliphatic carboxylic acids is 1. The first-order valence-electron chi connectivity index (χ1n) is 5.58. The van der Waals surface area contributed by atoms with E-state index in [0.29, 0.717) is 11.6 Å². The van der Waals surface area contributed by atoms with E-state index < -0.39 is 5.97 Å². The number of carboxylic acids is 1. The molecule has 1 fully saturated rings. The number of nitrogens with one attached hydrogen (secondary N) is 1. The van der Waals surface area contributed by atoms with Gasteiger partial charge < -0.3 is 15.3 Å². The predicted molar refractivity (Wildman–Crippen MR) is 65.5 cm³/mol. The van der Waals surface area contributed by atoms with Crippen LogP contribution in [0.5, 0.6) is 0 Å². The lowest BCUT2D eigenvalue weighted by Crippen LogP contribution is -2.43. The zero-order valence-corrected chi connectivity index (χ0v) is 10.8. The molecule has 0 bridgehead atoms. The van der Waals surface area contributed by atoms with Crippen molar-refractivity contribution in [3.63, 3.8) is 0 Å². The molecule has 2 heterocycles. The average molecular weight is 254 g/mol. The summed E-state index contributed by atoms with van der Waals surface area (Å²) in [4.78, 5) is 22.1. The number of carbonyl (C=O) groups is 2. The first-order valence-corrected chi connectivity index (χ1v) is 5.58. The summed E-state index contributed by atoms with van der Waals surface area (Å²) in [5.41, 5.74) is 0.655. The summed E-state index contributed by atoms with van der Waals surface area (Å²) in [6, 6.07) is 0.415. The first-order chi connectivity index (χ1) is 8.41. The lowest BCUT2D eigenvalue weighted by Gasteiger charge is -2.27. The smallest absolute Gasteiger partial charge is 0.300 e. The molecule has 1 amide bonds. The van der Waals surface area contributed by atoms with Gasteiger partial charge in [0, 0.05) is 40.3 Å². The minimum absolute atomic E-state index is 0.00327. The molecular formula is C11H18N4O3. The van der Waals surface area contributed by atoms with Gasteiger partial charge in [0.25, 0.3) is 11.9 Å². The number of nitrogens with zero attached hydrogens (tertiary/aromatic N) is 3. The molecule has 1 aliphatic rings. The molecule has 100 valence electrons. The van der Waals surface area contributed by atoms with Crippen LogP contribution in [0.25, 0.3) is 0 Å². The van der Waals surface area contributed by atoms with Crippen LogP contribution in [0.2, 0.25) is 0 Å². The van der Waals surface area contributed by atoms with Crippen molar-refractivity contribution in [2.24, 2.45) is 0 Å². The van der Waals surface area contributed by atoms with Gasteiger partial charge in [0.1, 0.15) is 0 Å². The minimum Gasteiger partial charge on any atom is -0.481 e. The third kappa shape index (κ3) is 3.85. The van der Waals surface area contributed by atoms with Crippen LogP contribution in [-0.2, 0) is 4.79 Å². The monoisotopic (exact) mass is 254 g/mol. The number of rotatable bonds is 2. The van der Waals surface area contributed by atoms with Crippen LogP contribution in [0.1, 0.15) is 23.3 Å². The van der Waals surface area contributed by atoms with Crippen molar-refractivity contribution in [1.29, 1.82) is 0 Å². The highest BCUT2D eigenvalue weighted by Gasteiger charge is 2.20. The minimum atomic E-state index is -0.833. The van der Waals surface area contributed by atoms with Gasteiger partial charge in [0.2, 0.25) is 0 Å². The molecule has 1 aromatic heterocycles. The van der Waals surface area contributed by atoms with E-state index >= 15 is 0 Å². The maximum atomic E-state index is 11.5. The van der Waals surface area contributed by atoms with Gasteiger partial charge in [-0.25, -0.2) is 0 Å². The van der Waals surface area contributed by atoms with Crippen LogP contribution < -0.4 is 5.32 Å². The molecule has 0 aliphatic carbocycles. The van der Waals surface area contributed by atoms with Gasteiger partial charge in [-0.1, -0.05) is 0 Å². The van der Waals surface area contributed by atoms with Crippen LogP contribution in [0.4, 0.5) is 0 Å². The zero-order valence-electron chi connectivity index (χ0n) is 10.8. The van der Waals surface area contributed by atoms with Crippen LogP contribution >= 0.6 is 0 Å². The summed E-state index contributed by atoms with van der Waals surface area (Å²) in [6.45, 7) is 2.97. The largest absolute Gasteiger partial charge is 0.481 e. The first kappa shape index (κ1) is 14.2. The van der Waals surface area contributed by atoms with Gasteiger partial charge in [-0.3, -0.25) is 14.3 Å². The molecular weight excluding hydrogens is 236 g/mol. The second-order valence-corrected chi connectivity index (χ2v) is 4.24. The van der Waals surface area contributed by atoms with E-state index in [1.165, 1.54) is 0 Å². The van der Waals surface area contributed by atoms with E-state index in [4.69, 9.17) is 9.90 Å². The zero-order chi connectivity index (χ0) is 13.7. The van der Waals surface area contributed by atoms with Gasteiger partial charge in [0.15, 0.2) is 0 Å². The summed E-state index contributed by atoms with van der Waals surface area (Å²) in [7, 11) is 3.48. The number of carbonyl (C=O) groups excluding carboxylic acids is 1. The Bertz CT molecular complexity index is 420.